The van der Waals surface area contributed by atoms with Crippen LogP contribution in [-0.2, 0) is 16.0 Å². The van der Waals surface area contributed by atoms with E-state index in [0.29, 0.717) is 11.7 Å². The first-order valence-electron chi connectivity index (χ1n) is 6.11. The van der Waals surface area contributed by atoms with Crippen molar-refractivity contribution in [2.75, 3.05) is 25.4 Å². The number of nitrogens with two attached hydrogens (primary N) is 1. The Labute approximate surface area is 119 Å². The van der Waals surface area contributed by atoms with Gasteiger partial charge >= 0.3 is 6.03 Å². The summed E-state index contributed by atoms with van der Waals surface area (Å²) >= 11 is 1.38. The molecule has 1 saturated heterocycles. The number of hydrogen-bond acceptors (Lipinski definition) is 6. The second-order valence-electron chi connectivity index (χ2n) is 4.27. The summed E-state index contributed by atoms with van der Waals surface area (Å²) in [5.74, 6) is -0.740. The minimum Gasteiger partial charge on any atom is -0.375 e. The molecule has 4 N–H and O–H groups in total. The van der Waals surface area contributed by atoms with Crippen molar-refractivity contribution in [2.45, 2.75) is 12.8 Å². The Kier molecular flexibility index (Phi) is 4.51. The molecule has 2 heterocycles. The van der Waals surface area contributed by atoms with Gasteiger partial charge < -0.3 is 16.4 Å². The lowest BCUT2D eigenvalue weighted by atomic mass is 10.2. The Morgan fingerprint density at radius 3 is 2.95 bits per heavy atom. The van der Waals surface area contributed by atoms with Crippen LogP contribution in [0.5, 0.6) is 0 Å². The quantitative estimate of drug-likeness (QED) is 0.475. The Hall–Kier alpha value is -2.16. The van der Waals surface area contributed by atoms with Crippen LogP contribution in [0.2, 0.25) is 0 Å². The zero-order chi connectivity index (χ0) is 14.5. The minimum atomic E-state index is -0.525. The van der Waals surface area contributed by atoms with Gasteiger partial charge in [0.1, 0.15) is 6.54 Å². The van der Waals surface area contributed by atoms with E-state index < -0.39 is 6.03 Å². The van der Waals surface area contributed by atoms with Crippen molar-refractivity contribution < 1.29 is 14.4 Å². The van der Waals surface area contributed by atoms with Crippen molar-refractivity contribution in [1.29, 1.82) is 0 Å². The highest BCUT2D eigenvalue weighted by Gasteiger charge is 2.29. The van der Waals surface area contributed by atoms with Crippen molar-refractivity contribution in [3.05, 3.63) is 11.1 Å². The van der Waals surface area contributed by atoms with Crippen LogP contribution in [0, 0.1) is 0 Å². The third kappa shape index (κ3) is 3.67. The number of anilines is 1. The van der Waals surface area contributed by atoms with E-state index in [-0.39, 0.29) is 24.9 Å². The number of carbonyl (C=O) groups is 3. The van der Waals surface area contributed by atoms with E-state index in [9.17, 15) is 14.4 Å². The number of nitrogen functional groups attached to an aromatic ring is 1. The van der Waals surface area contributed by atoms with Gasteiger partial charge in [0.05, 0.1) is 12.2 Å². The van der Waals surface area contributed by atoms with Gasteiger partial charge in [-0.15, -0.1) is 11.3 Å². The van der Waals surface area contributed by atoms with E-state index >= 15 is 0 Å². The summed E-state index contributed by atoms with van der Waals surface area (Å²) < 4.78 is 0. The number of nitrogens with zero attached hydrogens (tertiary/aromatic N) is 2. The lowest BCUT2D eigenvalue weighted by Gasteiger charge is -2.11. The minimum absolute atomic E-state index is 0.0443. The first kappa shape index (κ1) is 14.3. The molecule has 0 spiro atoms. The smallest absolute Gasteiger partial charge is 0.325 e. The lowest BCUT2D eigenvalue weighted by Crippen LogP contribution is -2.41. The molecule has 0 atom stereocenters. The highest BCUT2D eigenvalue weighted by Crippen LogP contribution is 2.12. The van der Waals surface area contributed by atoms with Crippen molar-refractivity contribution in [2.24, 2.45) is 0 Å². The van der Waals surface area contributed by atoms with Crippen molar-refractivity contribution in [3.8, 4) is 0 Å². The molecule has 1 aliphatic heterocycles. The Bertz CT molecular complexity index is 514. The average molecular weight is 297 g/mol. The Morgan fingerprint density at radius 1 is 1.55 bits per heavy atom. The van der Waals surface area contributed by atoms with Gasteiger partial charge in [0.25, 0.3) is 5.91 Å². The van der Waals surface area contributed by atoms with Crippen LogP contribution in [0.25, 0.3) is 0 Å². The van der Waals surface area contributed by atoms with Gasteiger partial charge in [-0.2, -0.15) is 0 Å². The molecule has 108 valence electrons. The van der Waals surface area contributed by atoms with Gasteiger partial charge in [0.2, 0.25) is 5.91 Å². The van der Waals surface area contributed by atoms with Crippen LogP contribution in [0.1, 0.15) is 12.1 Å². The highest BCUT2D eigenvalue weighted by molar-refractivity contribution is 7.13. The van der Waals surface area contributed by atoms with E-state index in [0.717, 1.165) is 23.4 Å². The number of amides is 4. The van der Waals surface area contributed by atoms with Gasteiger partial charge in [0, 0.05) is 11.9 Å². The topological polar surface area (TPSA) is 117 Å². The van der Waals surface area contributed by atoms with Gasteiger partial charge in [-0.3, -0.25) is 14.5 Å². The van der Waals surface area contributed by atoms with E-state index in [2.05, 4.69) is 15.6 Å². The summed E-state index contributed by atoms with van der Waals surface area (Å²) in [6, 6.07) is -0.525. The number of nitrogens with one attached hydrogen (secondary N) is 2. The van der Waals surface area contributed by atoms with Crippen molar-refractivity contribution in [1.82, 2.24) is 20.5 Å². The van der Waals surface area contributed by atoms with Gasteiger partial charge in [-0.05, 0) is 12.8 Å². The number of rotatable bonds is 6. The number of thiazole rings is 1. The molecule has 2 rings (SSSR count). The fourth-order valence-electron chi connectivity index (χ4n) is 1.75. The molecule has 0 unspecified atom stereocenters. The molecule has 0 aliphatic carbocycles. The molecule has 0 aromatic carbocycles. The molecule has 9 heteroatoms. The number of hydrogen-bond donors (Lipinski definition) is 3. The van der Waals surface area contributed by atoms with Crippen molar-refractivity contribution in [3.63, 3.8) is 0 Å². The molecule has 4 amide bonds. The molecular formula is C11H15N5O3S. The number of aryl methyl sites for hydroxylation is 1. The first-order chi connectivity index (χ1) is 9.56. The molecule has 1 aromatic heterocycles. The molecule has 1 aromatic rings. The molecule has 1 aliphatic rings. The molecule has 0 radical (unpaired) electrons. The van der Waals surface area contributed by atoms with E-state index in [1.807, 2.05) is 5.38 Å². The van der Waals surface area contributed by atoms with Crippen LogP contribution in [0.4, 0.5) is 9.93 Å². The van der Waals surface area contributed by atoms with Crippen LogP contribution in [0.15, 0.2) is 5.38 Å². The molecule has 1 fully saturated rings. The van der Waals surface area contributed by atoms with Crippen LogP contribution in [-0.4, -0.2) is 47.4 Å². The summed E-state index contributed by atoms with van der Waals surface area (Å²) in [5.41, 5.74) is 6.41. The SMILES string of the molecule is Nc1nc(CCCNC(=O)CN2C(=O)CNC2=O)cs1. The maximum absolute atomic E-state index is 11.6. The largest absolute Gasteiger partial charge is 0.375 e. The normalized spacial score (nSPS) is 14.5. The zero-order valence-corrected chi connectivity index (χ0v) is 11.5. The fourth-order valence-corrected chi connectivity index (χ4v) is 2.35. The molecule has 0 bridgehead atoms. The fraction of sp³-hybridized carbons (Fsp3) is 0.455. The third-order valence-electron chi connectivity index (χ3n) is 2.74. The second-order valence-corrected chi connectivity index (χ2v) is 5.16. The molecule has 0 saturated carbocycles. The standard InChI is InChI=1S/C11H15N5O3S/c12-10-15-7(6-20-10)2-1-3-13-8(17)5-16-9(18)4-14-11(16)19/h6H,1-5H2,(H2,12,15)(H,13,17)(H,14,19). The third-order valence-corrected chi connectivity index (χ3v) is 3.46. The number of carbonyl (C=O) groups excluding carboxylic acids is 3. The van der Waals surface area contributed by atoms with E-state index in [1.54, 1.807) is 0 Å². The Balaban J connectivity index is 1.65. The summed E-state index contributed by atoms with van der Waals surface area (Å²) in [7, 11) is 0. The van der Waals surface area contributed by atoms with Gasteiger partial charge in [0.15, 0.2) is 5.13 Å². The van der Waals surface area contributed by atoms with Crippen LogP contribution >= 0.6 is 11.3 Å². The average Bonchev–Trinajstić information content (AvgIpc) is 2.95. The van der Waals surface area contributed by atoms with Gasteiger partial charge in [-0.1, -0.05) is 0 Å². The lowest BCUT2D eigenvalue weighted by molar-refractivity contribution is -0.130. The molecule has 20 heavy (non-hydrogen) atoms. The second kappa shape index (κ2) is 6.33. The molecular weight excluding hydrogens is 282 g/mol. The van der Waals surface area contributed by atoms with E-state index in [1.165, 1.54) is 11.3 Å². The monoisotopic (exact) mass is 297 g/mol. The highest BCUT2D eigenvalue weighted by atomic mass is 32.1. The number of urea groups is 1. The molecule has 8 nitrogen and oxygen atoms in total. The van der Waals surface area contributed by atoms with Crippen LogP contribution in [0.3, 0.4) is 0 Å². The van der Waals surface area contributed by atoms with Crippen molar-refractivity contribution >= 4 is 34.3 Å². The number of imide groups is 1. The Morgan fingerprint density at radius 2 is 2.35 bits per heavy atom. The first-order valence-corrected chi connectivity index (χ1v) is 6.99. The van der Waals surface area contributed by atoms with Crippen LogP contribution < -0.4 is 16.4 Å². The number of aromatic nitrogens is 1. The van der Waals surface area contributed by atoms with E-state index in [4.69, 9.17) is 5.73 Å². The maximum Gasteiger partial charge on any atom is 0.325 e. The maximum atomic E-state index is 11.6. The van der Waals surface area contributed by atoms with Gasteiger partial charge in [-0.25, -0.2) is 9.78 Å². The summed E-state index contributed by atoms with van der Waals surface area (Å²) in [6.07, 6.45) is 1.44. The summed E-state index contributed by atoms with van der Waals surface area (Å²) in [4.78, 5) is 39.1. The summed E-state index contributed by atoms with van der Waals surface area (Å²) in [6.45, 7) is 0.172. The summed E-state index contributed by atoms with van der Waals surface area (Å²) in [5, 5.41) is 7.42. The predicted molar refractivity (Wildman–Crippen MR) is 73.0 cm³/mol. The predicted octanol–water partition coefficient (Wildman–Crippen LogP) is -0.674. The zero-order valence-electron chi connectivity index (χ0n) is 10.7.